The zero-order valence-corrected chi connectivity index (χ0v) is 13.9. The molecule has 0 atom stereocenters. The minimum atomic E-state index is -0.133. The standard InChI is InChI=1S/C19H16N4O3/c24-16(20-12-18-21-14-8-4-5-9-15(14)25-18)10-11-17-22-19(23-26-17)13-6-2-1-3-7-13/h1-9H,10-12H2,(H,20,24). The highest BCUT2D eigenvalue weighted by molar-refractivity contribution is 5.76. The van der Waals surface area contributed by atoms with E-state index < -0.39 is 0 Å². The average Bonchev–Trinajstić information content (AvgIpc) is 3.32. The van der Waals surface area contributed by atoms with Crippen molar-refractivity contribution < 1.29 is 13.7 Å². The van der Waals surface area contributed by atoms with Crippen LogP contribution in [0, 0.1) is 0 Å². The van der Waals surface area contributed by atoms with Gasteiger partial charge in [0.25, 0.3) is 0 Å². The SMILES string of the molecule is O=C(CCc1nc(-c2ccccc2)no1)NCc1nc2ccccc2o1. The fourth-order valence-corrected chi connectivity index (χ4v) is 2.54. The van der Waals surface area contributed by atoms with Gasteiger partial charge >= 0.3 is 0 Å². The van der Waals surface area contributed by atoms with Gasteiger partial charge in [0.2, 0.25) is 23.5 Å². The number of hydrogen-bond donors (Lipinski definition) is 1. The molecule has 0 saturated heterocycles. The van der Waals surface area contributed by atoms with E-state index in [2.05, 4.69) is 20.4 Å². The Morgan fingerprint density at radius 2 is 1.77 bits per heavy atom. The number of nitrogens with zero attached hydrogens (tertiary/aromatic N) is 3. The molecule has 2 heterocycles. The van der Waals surface area contributed by atoms with Gasteiger partial charge in [-0.3, -0.25) is 4.79 Å². The van der Waals surface area contributed by atoms with Crippen LogP contribution >= 0.6 is 0 Å². The van der Waals surface area contributed by atoms with Crippen LogP contribution in [0.15, 0.2) is 63.5 Å². The first-order chi connectivity index (χ1) is 12.8. The van der Waals surface area contributed by atoms with Crippen LogP contribution in [0.4, 0.5) is 0 Å². The van der Waals surface area contributed by atoms with E-state index in [0.29, 0.717) is 29.6 Å². The summed E-state index contributed by atoms with van der Waals surface area (Å²) in [7, 11) is 0. The Balaban J connectivity index is 1.29. The van der Waals surface area contributed by atoms with Crippen molar-refractivity contribution in [2.24, 2.45) is 0 Å². The maximum atomic E-state index is 12.0. The first-order valence-electron chi connectivity index (χ1n) is 8.27. The molecule has 0 saturated carbocycles. The molecule has 0 aliphatic rings. The Labute approximate surface area is 149 Å². The van der Waals surface area contributed by atoms with Crippen molar-refractivity contribution in [3.63, 3.8) is 0 Å². The summed E-state index contributed by atoms with van der Waals surface area (Å²) >= 11 is 0. The summed E-state index contributed by atoms with van der Waals surface area (Å²) in [5, 5.41) is 6.72. The quantitative estimate of drug-likeness (QED) is 0.575. The minimum Gasteiger partial charge on any atom is -0.439 e. The number of oxazole rings is 1. The first kappa shape index (κ1) is 16.0. The number of aryl methyl sites for hydroxylation is 1. The van der Waals surface area contributed by atoms with E-state index >= 15 is 0 Å². The van der Waals surface area contributed by atoms with Crippen LogP contribution in [0.5, 0.6) is 0 Å². The monoisotopic (exact) mass is 348 g/mol. The molecule has 1 N–H and O–H groups in total. The largest absolute Gasteiger partial charge is 0.439 e. The lowest BCUT2D eigenvalue weighted by Crippen LogP contribution is -2.23. The van der Waals surface area contributed by atoms with Crippen molar-refractivity contribution in [3.05, 3.63) is 66.4 Å². The van der Waals surface area contributed by atoms with Gasteiger partial charge in [0.1, 0.15) is 5.52 Å². The van der Waals surface area contributed by atoms with E-state index in [1.807, 2.05) is 54.6 Å². The van der Waals surface area contributed by atoms with Gasteiger partial charge < -0.3 is 14.3 Å². The fraction of sp³-hybridized carbons (Fsp3) is 0.158. The van der Waals surface area contributed by atoms with Gasteiger partial charge in [-0.05, 0) is 12.1 Å². The third kappa shape index (κ3) is 3.61. The molecule has 0 unspecified atom stereocenters. The number of carbonyl (C=O) groups excluding carboxylic acids is 1. The lowest BCUT2D eigenvalue weighted by molar-refractivity contribution is -0.121. The smallest absolute Gasteiger partial charge is 0.227 e. The van der Waals surface area contributed by atoms with Gasteiger partial charge in [-0.25, -0.2) is 4.98 Å². The van der Waals surface area contributed by atoms with E-state index in [9.17, 15) is 4.79 Å². The van der Waals surface area contributed by atoms with Crippen molar-refractivity contribution in [1.29, 1.82) is 0 Å². The van der Waals surface area contributed by atoms with E-state index in [4.69, 9.17) is 8.94 Å². The summed E-state index contributed by atoms with van der Waals surface area (Å²) in [6.07, 6.45) is 0.621. The van der Waals surface area contributed by atoms with Crippen LogP contribution in [0.2, 0.25) is 0 Å². The lowest BCUT2D eigenvalue weighted by Gasteiger charge is -2.00. The molecule has 0 spiro atoms. The molecule has 2 aromatic carbocycles. The van der Waals surface area contributed by atoms with Gasteiger partial charge in [0.15, 0.2) is 5.58 Å². The number of rotatable bonds is 6. The van der Waals surface area contributed by atoms with Crippen molar-refractivity contribution >= 4 is 17.0 Å². The Morgan fingerprint density at radius 3 is 2.62 bits per heavy atom. The molecular formula is C19H16N4O3. The molecule has 0 aliphatic carbocycles. The van der Waals surface area contributed by atoms with Crippen molar-refractivity contribution in [2.45, 2.75) is 19.4 Å². The number of para-hydroxylation sites is 2. The summed E-state index contributed by atoms with van der Waals surface area (Å²) in [4.78, 5) is 20.6. The highest BCUT2D eigenvalue weighted by atomic mass is 16.5. The number of hydrogen-bond acceptors (Lipinski definition) is 6. The molecule has 0 radical (unpaired) electrons. The van der Waals surface area contributed by atoms with Gasteiger partial charge in [-0.1, -0.05) is 47.6 Å². The summed E-state index contributed by atoms with van der Waals surface area (Å²) in [6.45, 7) is 0.243. The van der Waals surface area contributed by atoms with E-state index in [0.717, 1.165) is 11.1 Å². The molecule has 130 valence electrons. The third-order valence-electron chi connectivity index (χ3n) is 3.84. The summed E-state index contributed by atoms with van der Waals surface area (Å²) < 4.78 is 10.8. The molecular weight excluding hydrogens is 332 g/mol. The number of amides is 1. The van der Waals surface area contributed by atoms with Gasteiger partial charge in [0.05, 0.1) is 6.54 Å². The summed E-state index contributed by atoms with van der Waals surface area (Å²) in [6, 6.07) is 17.0. The van der Waals surface area contributed by atoms with Crippen LogP contribution in [-0.2, 0) is 17.8 Å². The van der Waals surface area contributed by atoms with Gasteiger partial charge in [-0.2, -0.15) is 4.98 Å². The zero-order chi connectivity index (χ0) is 17.8. The molecule has 0 aliphatic heterocycles. The Morgan fingerprint density at radius 1 is 0.962 bits per heavy atom. The van der Waals surface area contributed by atoms with Crippen LogP contribution < -0.4 is 5.32 Å². The highest BCUT2D eigenvalue weighted by Gasteiger charge is 2.11. The zero-order valence-electron chi connectivity index (χ0n) is 13.9. The second kappa shape index (κ2) is 7.18. The molecule has 0 bridgehead atoms. The number of aromatic nitrogens is 3. The third-order valence-corrected chi connectivity index (χ3v) is 3.84. The maximum absolute atomic E-state index is 12.0. The van der Waals surface area contributed by atoms with Gasteiger partial charge in [0, 0.05) is 18.4 Å². The first-order valence-corrected chi connectivity index (χ1v) is 8.27. The Kier molecular flexibility index (Phi) is 4.42. The second-order valence-electron chi connectivity index (χ2n) is 5.73. The molecule has 0 fully saturated rings. The van der Waals surface area contributed by atoms with E-state index in [1.165, 1.54) is 0 Å². The summed E-state index contributed by atoms with van der Waals surface area (Å²) in [5.41, 5.74) is 2.36. The second-order valence-corrected chi connectivity index (χ2v) is 5.73. The minimum absolute atomic E-state index is 0.133. The Bertz CT molecular complexity index is 990. The van der Waals surface area contributed by atoms with Crippen molar-refractivity contribution in [1.82, 2.24) is 20.4 Å². The van der Waals surface area contributed by atoms with Crippen LogP contribution in [0.25, 0.3) is 22.5 Å². The molecule has 26 heavy (non-hydrogen) atoms. The lowest BCUT2D eigenvalue weighted by atomic mass is 10.2. The number of benzene rings is 2. The van der Waals surface area contributed by atoms with E-state index in [-0.39, 0.29) is 18.9 Å². The topological polar surface area (TPSA) is 94.0 Å². The number of nitrogens with one attached hydrogen (secondary N) is 1. The van der Waals surface area contributed by atoms with Gasteiger partial charge in [-0.15, -0.1) is 0 Å². The predicted molar refractivity (Wildman–Crippen MR) is 93.9 cm³/mol. The predicted octanol–water partition coefficient (Wildman–Crippen LogP) is 3.13. The summed E-state index contributed by atoms with van der Waals surface area (Å²) in [5.74, 6) is 1.30. The van der Waals surface area contributed by atoms with Crippen LogP contribution in [0.3, 0.4) is 0 Å². The van der Waals surface area contributed by atoms with Crippen molar-refractivity contribution in [3.8, 4) is 11.4 Å². The maximum Gasteiger partial charge on any atom is 0.227 e. The van der Waals surface area contributed by atoms with Crippen molar-refractivity contribution in [2.75, 3.05) is 0 Å². The molecule has 7 nitrogen and oxygen atoms in total. The van der Waals surface area contributed by atoms with Crippen LogP contribution in [-0.4, -0.2) is 21.0 Å². The normalized spacial score (nSPS) is 10.9. The Hall–Kier alpha value is -3.48. The number of fused-ring (bicyclic) bond motifs is 1. The molecule has 1 amide bonds. The average molecular weight is 348 g/mol. The fourth-order valence-electron chi connectivity index (χ4n) is 2.54. The molecule has 4 aromatic rings. The molecule has 7 heteroatoms. The highest BCUT2D eigenvalue weighted by Crippen LogP contribution is 2.16. The molecule has 2 aromatic heterocycles. The molecule has 4 rings (SSSR count). The van der Waals surface area contributed by atoms with Crippen LogP contribution in [0.1, 0.15) is 18.2 Å². The van der Waals surface area contributed by atoms with E-state index in [1.54, 1.807) is 0 Å². The number of carbonyl (C=O) groups is 1.